The van der Waals surface area contributed by atoms with E-state index in [0.29, 0.717) is 23.2 Å². The first kappa shape index (κ1) is 36.9. The summed E-state index contributed by atoms with van der Waals surface area (Å²) >= 11 is 0. The molecule has 0 amide bonds. The minimum atomic E-state index is 0.547. The predicted molar refractivity (Wildman–Crippen MR) is 262 cm³/mol. The monoisotopic (exact) mass is 816 g/mol. The minimum absolute atomic E-state index is 0.547. The summed E-state index contributed by atoms with van der Waals surface area (Å²) in [5.41, 5.74) is 14.1. The molecule has 12 aromatic rings. The van der Waals surface area contributed by atoms with Gasteiger partial charge in [-0.05, 0) is 82.9 Å². The Morgan fingerprint density at radius 3 is 1.30 bits per heavy atom. The fourth-order valence-corrected chi connectivity index (χ4v) is 9.17. The Hall–Kier alpha value is -8.92. The molecule has 6 nitrogen and oxygen atoms in total. The molecule has 0 fully saturated rings. The van der Waals surface area contributed by atoms with E-state index in [0.717, 1.165) is 66.6 Å². The quantitative estimate of drug-likeness (QED) is 0.151. The van der Waals surface area contributed by atoms with Gasteiger partial charge in [-0.25, -0.2) is 19.8 Å². The van der Waals surface area contributed by atoms with E-state index in [2.05, 4.69) is 154 Å². The molecule has 0 aliphatic carbocycles. The van der Waals surface area contributed by atoms with E-state index < -0.39 is 0 Å². The summed E-state index contributed by atoms with van der Waals surface area (Å²) in [5, 5.41) is 4.71. The molecular weight excluding hydrogens is 781 g/mol. The molecule has 0 atom stereocenters. The van der Waals surface area contributed by atoms with Gasteiger partial charge in [-0.1, -0.05) is 158 Å². The van der Waals surface area contributed by atoms with Gasteiger partial charge in [0, 0.05) is 49.6 Å². The van der Waals surface area contributed by atoms with E-state index in [1.54, 1.807) is 0 Å². The first-order valence-electron chi connectivity index (χ1n) is 21.3. The predicted octanol–water partition coefficient (Wildman–Crippen LogP) is 15.0. The van der Waals surface area contributed by atoms with E-state index in [1.165, 1.54) is 27.4 Å². The van der Waals surface area contributed by atoms with Crippen LogP contribution < -0.4 is 0 Å². The van der Waals surface area contributed by atoms with E-state index in [9.17, 15) is 0 Å². The van der Waals surface area contributed by atoms with Crippen molar-refractivity contribution in [2.45, 2.75) is 0 Å². The van der Waals surface area contributed by atoms with Crippen LogP contribution in [0.5, 0.6) is 0 Å². The van der Waals surface area contributed by atoms with Crippen LogP contribution in [0.15, 0.2) is 218 Å². The van der Waals surface area contributed by atoms with Crippen LogP contribution in [0.3, 0.4) is 0 Å². The molecule has 0 bridgehead atoms. The minimum Gasteiger partial charge on any atom is -0.309 e. The first-order chi connectivity index (χ1) is 31.7. The molecular formula is C58H36N6. The zero-order chi connectivity index (χ0) is 42.6. The molecule has 0 aliphatic rings. The van der Waals surface area contributed by atoms with E-state index >= 15 is 0 Å². The third kappa shape index (κ3) is 6.22. The fourth-order valence-electron chi connectivity index (χ4n) is 9.17. The Bertz CT molecular complexity index is 3710. The summed E-state index contributed by atoms with van der Waals surface area (Å²) in [4.78, 5) is 18.8. The molecule has 3 aromatic heterocycles. The SMILES string of the molecule is [C-]#[N+]c1ccc(-c2nc(-c3ccccc3)nc(-c3ccccc3)n2)cc1-c1ccc2c(c1)c1ccccc1n2-c1ccc(-c2ccc3c(c2)c2ccccc2n3-c2ccccc2)cc1. The Morgan fingerprint density at radius 1 is 0.312 bits per heavy atom. The van der Waals surface area contributed by atoms with Crippen molar-refractivity contribution in [3.8, 4) is 67.8 Å². The summed E-state index contributed by atoms with van der Waals surface area (Å²) in [6.07, 6.45) is 0. The smallest absolute Gasteiger partial charge is 0.194 e. The van der Waals surface area contributed by atoms with Crippen molar-refractivity contribution in [3.63, 3.8) is 0 Å². The van der Waals surface area contributed by atoms with Gasteiger partial charge in [-0.2, -0.15) is 0 Å². The normalized spacial score (nSPS) is 11.4. The maximum atomic E-state index is 8.18. The van der Waals surface area contributed by atoms with Crippen molar-refractivity contribution < 1.29 is 0 Å². The van der Waals surface area contributed by atoms with Gasteiger partial charge in [0.25, 0.3) is 0 Å². The summed E-state index contributed by atoms with van der Waals surface area (Å²) in [6, 6.07) is 75.8. The Kier molecular flexibility index (Phi) is 8.77. The van der Waals surface area contributed by atoms with Crippen LogP contribution in [-0.2, 0) is 0 Å². The van der Waals surface area contributed by atoms with Crippen molar-refractivity contribution in [3.05, 3.63) is 230 Å². The number of aromatic nitrogens is 5. The Labute approximate surface area is 369 Å². The van der Waals surface area contributed by atoms with Crippen LogP contribution in [0, 0.1) is 6.57 Å². The van der Waals surface area contributed by atoms with Crippen LogP contribution in [0.25, 0.3) is 116 Å². The largest absolute Gasteiger partial charge is 0.309 e. The van der Waals surface area contributed by atoms with Crippen LogP contribution >= 0.6 is 0 Å². The maximum Gasteiger partial charge on any atom is 0.194 e. The van der Waals surface area contributed by atoms with Gasteiger partial charge in [0.1, 0.15) is 0 Å². The Balaban J connectivity index is 0.937. The van der Waals surface area contributed by atoms with E-state index in [1.807, 2.05) is 78.9 Å². The molecule has 0 aliphatic heterocycles. The molecule has 0 spiro atoms. The lowest BCUT2D eigenvalue weighted by Crippen LogP contribution is -2.00. The third-order valence-corrected chi connectivity index (χ3v) is 12.2. The van der Waals surface area contributed by atoms with E-state index in [-0.39, 0.29) is 0 Å². The molecule has 64 heavy (non-hydrogen) atoms. The standard InChI is InChI=1S/C58H36N6/c1-59-51-32-27-43(58-61-56(39-15-5-2-6-16-39)60-57(62-58)40-17-7-3-8-18-40)37-48(51)42-29-34-55-50(36-42)47-22-12-14-24-53(47)64(55)45-30-25-38(26-31-45)41-28-33-54-49(35-41)46-21-11-13-23-52(46)63(54)44-19-9-4-10-20-44/h2-37H. The second-order valence-corrected chi connectivity index (χ2v) is 15.9. The number of rotatable bonds is 7. The first-order valence-corrected chi connectivity index (χ1v) is 21.3. The molecule has 0 unspecified atom stereocenters. The maximum absolute atomic E-state index is 8.18. The molecule has 0 saturated carbocycles. The summed E-state index contributed by atoms with van der Waals surface area (Å²) < 4.78 is 4.69. The van der Waals surface area contributed by atoms with Crippen LogP contribution in [0.4, 0.5) is 5.69 Å². The topological polar surface area (TPSA) is 52.9 Å². The Morgan fingerprint density at radius 2 is 0.734 bits per heavy atom. The molecule has 0 N–H and O–H groups in total. The number of nitrogens with zero attached hydrogens (tertiary/aromatic N) is 6. The van der Waals surface area contributed by atoms with Crippen molar-refractivity contribution in [1.29, 1.82) is 0 Å². The van der Waals surface area contributed by atoms with Crippen molar-refractivity contribution >= 4 is 49.3 Å². The molecule has 3 heterocycles. The number of hydrogen-bond donors (Lipinski definition) is 0. The second kappa shape index (κ2) is 15.2. The highest BCUT2D eigenvalue weighted by Gasteiger charge is 2.18. The summed E-state index contributed by atoms with van der Waals surface area (Å²) in [5.74, 6) is 1.73. The third-order valence-electron chi connectivity index (χ3n) is 12.2. The number of para-hydroxylation sites is 3. The van der Waals surface area contributed by atoms with E-state index in [4.69, 9.17) is 21.5 Å². The number of benzene rings is 9. The van der Waals surface area contributed by atoms with Crippen LogP contribution in [-0.4, -0.2) is 24.1 Å². The van der Waals surface area contributed by atoms with Gasteiger partial charge >= 0.3 is 0 Å². The van der Waals surface area contributed by atoms with Crippen molar-refractivity contribution in [1.82, 2.24) is 24.1 Å². The molecule has 0 saturated heterocycles. The average Bonchev–Trinajstić information content (AvgIpc) is 3.89. The molecule has 298 valence electrons. The highest BCUT2D eigenvalue weighted by molar-refractivity contribution is 6.12. The molecule has 12 rings (SSSR count). The second-order valence-electron chi connectivity index (χ2n) is 15.9. The lowest BCUT2D eigenvalue weighted by atomic mass is 9.98. The van der Waals surface area contributed by atoms with Gasteiger partial charge in [0.2, 0.25) is 0 Å². The van der Waals surface area contributed by atoms with Crippen molar-refractivity contribution in [2.75, 3.05) is 0 Å². The zero-order valence-corrected chi connectivity index (χ0v) is 34.5. The molecule has 9 aromatic carbocycles. The van der Waals surface area contributed by atoms with Gasteiger partial charge in [0.05, 0.1) is 28.6 Å². The molecule has 0 radical (unpaired) electrons. The van der Waals surface area contributed by atoms with Gasteiger partial charge in [-0.15, -0.1) is 0 Å². The van der Waals surface area contributed by atoms with Gasteiger partial charge < -0.3 is 9.13 Å². The number of hydrogen-bond acceptors (Lipinski definition) is 3. The number of fused-ring (bicyclic) bond motifs is 6. The average molecular weight is 817 g/mol. The highest BCUT2D eigenvalue weighted by Crippen LogP contribution is 2.40. The van der Waals surface area contributed by atoms with Gasteiger partial charge in [0.15, 0.2) is 23.2 Å². The summed E-state index contributed by atoms with van der Waals surface area (Å²) in [6.45, 7) is 8.18. The van der Waals surface area contributed by atoms with Gasteiger partial charge in [-0.3, -0.25) is 0 Å². The van der Waals surface area contributed by atoms with Crippen LogP contribution in [0.1, 0.15) is 0 Å². The zero-order valence-electron chi connectivity index (χ0n) is 34.5. The highest BCUT2D eigenvalue weighted by atomic mass is 15.0. The lowest BCUT2D eigenvalue weighted by Gasteiger charge is -2.12. The fraction of sp³-hybridized carbons (Fsp3) is 0. The van der Waals surface area contributed by atoms with Crippen molar-refractivity contribution in [2.24, 2.45) is 0 Å². The molecule has 6 heteroatoms. The van der Waals surface area contributed by atoms with Crippen LogP contribution in [0.2, 0.25) is 0 Å². The lowest BCUT2D eigenvalue weighted by molar-refractivity contribution is 1.07. The summed E-state index contributed by atoms with van der Waals surface area (Å²) in [7, 11) is 0.